The lowest BCUT2D eigenvalue weighted by atomic mass is 10.1. The fourth-order valence-corrected chi connectivity index (χ4v) is 3.54. The Morgan fingerprint density at radius 2 is 2.00 bits per heavy atom. The molecule has 0 amide bonds. The van der Waals surface area contributed by atoms with Gasteiger partial charge >= 0.3 is 0 Å². The first-order valence-corrected chi connectivity index (χ1v) is 10.9. The van der Waals surface area contributed by atoms with Crippen molar-refractivity contribution in [1.82, 2.24) is 14.5 Å². The van der Waals surface area contributed by atoms with Crippen LogP contribution in [-0.4, -0.2) is 21.1 Å². The Balaban J connectivity index is 1.54. The number of nitrogens with zero attached hydrogens (tertiary/aromatic N) is 3. The third-order valence-electron chi connectivity index (χ3n) is 5.12. The molecule has 4 rings (SSSR count). The van der Waals surface area contributed by atoms with Gasteiger partial charge in [-0.2, -0.15) is 0 Å². The van der Waals surface area contributed by atoms with Crippen molar-refractivity contribution in [2.75, 3.05) is 11.9 Å². The van der Waals surface area contributed by atoms with Crippen LogP contribution in [0.5, 0.6) is 11.5 Å². The van der Waals surface area contributed by atoms with Gasteiger partial charge in [0.2, 0.25) is 0 Å². The van der Waals surface area contributed by atoms with Crippen LogP contribution in [-0.2, 0) is 6.54 Å². The zero-order valence-electron chi connectivity index (χ0n) is 18.7. The molecule has 0 aliphatic rings. The maximum absolute atomic E-state index is 6.17. The van der Waals surface area contributed by atoms with Crippen LogP contribution in [0.25, 0.3) is 17.1 Å². The van der Waals surface area contributed by atoms with Crippen molar-refractivity contribution < 1.29 is 4.74 Å². The summed E-state index contributed by atoms with van der Waals surface area (Å²) in [6.45, 7) is 7.63. The van der Waals surface area contributed by atoms with Crippen molar-refractivity contribution in [3.05, 3.63) is 78.3 Å². The van der Waals surface area contributed by atoms with Gasteiger partial charge in [-0.1, -0.05) is 38.1 Å². The van der Waals surface area contributed by atoms with Crippen molar-refractivity contribution in [2.24, 2.45) is 11.7 Å². The van der Waals surface area contributed by atoms with Crippen LogP contribution in [0, 0.1) is 12.8 Å². The summed E-state index contributed by atoms with van der Waals surface area (Å²) in [6.07, 6.45) is 7.87. The van der Waals surface area contributed by atoms with E-state index in [4.69, 9.17) is 10.5 Å². The molecule has 32 heavy (non-hydrogen) atoms. The quantitative estimate of drug-likeness (QED) is 0.366. The predicted molar refractivity (Wildman–Crippen MR) is 131 cm³/mol. The number of fused-ring (bicyclic) bond motifs is 1. The molecule has 2 aromatic heterocycles. The zero-order chi connectivity index (χ0) is 22.5. The third kappa shape index (κ3) is 4.98. The number of aryl methyl sites for hydroxylation is 1. The number of aromatic nitrogens is 3. The molecular formula is C26H29N5O. The average Bonchev–Trinajstić information content (AvgIpc) is 3.19. The molecule has 0 saturated heterocycles. The first kappa shape index (κ1) is 21.6. The lowest BCUT2D eigenvalue weighted by molar-refractivity contribution is 0.479. The number of allylic oxidation sites excluding steroid dienone is 1. The smallest absolute Gasteiger partial charge is 0.158 e. The first-order chi connectivity index (χ1) is 15.5. The summed E-state index contributed by atoms with van der Waals surface area (Å²) in [5.74, 6) is 2.90. The molecule has 4 aromatic rings. The summed E-state index contributed by atoms with van der Waals surface area (Å²) < 4.78 is 8.24. The average molecular weight is 428 g/mol. The van der Waals surface area contributed by atoms with E-state index in [0.717, 1.165) is 45.2 Å². The fourth-order valence-electron chi connectivity index (χ4n) is 3.54. The maximum Gasteiger partial charge on any atom is 0.158 e. The monoisotopic (exact) mass is 427 g/mol. The third-order valence-corrected chi connectivity index (χ3v) is 5.12. The molecule has 164 valence electrons. The summed E-state index contributed by atoms with van der Waals surface area (Å²) in [4.78, 5) is 8.81. The Bertz CT molecular complexity index is 1240. The van der Waals surface area contributed by atoms with Crippen LogP contribution < -0.4 is 15.8 Å². The van der Waals surface area contributed by atoms with Gasteiger partial charge in [0, 0.05) is 25.0 Å². The minimum absolute atomic E-state index is 0.510. The number of nitrogens with one attached hydrogen (secondary N) is 1. The molecular weight excluding hydrogens is 398 g/mol. The molecule has 0 saturated carbocycles. The second-order valence-electron chi connectivity index (χ2n) is 8.14. The van der Waals surface area contributed by atoms with E-state index < -0.39 is 0 Å². The van der Waals surface area contributed by atoms with E-state index in [1.165, 1.54) is 0 Å². The van der Waals surface area contributed by atoms with E-state index in [0.29, 0.717) is 19.0 Å². The minimum Gasteiger partial charge on any atom is -0.457 e. The largest absolute Gasteiger partial charge is 0.457 e. The SMILES string of the molecule is Cc1cc(Nc2ncnc3ccn(CCN)c23)ccc1Oc1cccc(C=CC(C)C)c1. The topological polar surface area (TPSA) is 78.0 Å². The molecule has 0 atom stereocenters. The molecule has 6 nitrogen and oxygen atoms in total. The molecule has 0 radical (unpaired) electrons. The Morgan fingerprint density at radius 3 is 2.78 bits per heavy atom. The van der Waals surface area contributed by atoms with Crippen molar-refractivity contribution in [3.8, 4) is 11.5 Å². The number of rotatable bonds is 8. The highest BCUT2D eigenvalue weighted by atomic mass is 16.5. The van der Waals surface area contributed by atoms with Gasteiger partial charge in [0.15, 0.2) is 5.82 Å². The van der Waals surface area contributed by atoms with Crippen LogP contribution in [0.15, 0.2) is 67.1 Å². The molecule has 2 heterocycles. The number of benzene rings is 2. The van der Waals surface area contributed by atoms with E-state index in [1.807, 2.05) is 49.5 Å². The summed E-state index contributed by atoms with van der Waals surface area (Å²) in [5, 5.41) is 3.42. The van der Waals surface area contributed by atoms with Crippen molar-refractivity contribution in [1.29, 1.82) is 0 Å². The Hall–Kier alpha value is -3.64. The second-order valence-corrected chi connectivity index (χ2v) is 8.14. The number of anilines is 2. The Morgan fingerprint density at radius 1 is 1.12 bits per heavy atom. The van der Waals surface area contributed by atoms with Gasteiger partial charge in [0.25, 0.3) is 0 Å². The van der Waals surface area contributed by atoms with E-state index >= 15 is 0 Å². The van der Waals surface area contributed by atoms with E-state index in [9.17, 15) is 0 Å². The minimum atomic E-state index is 0.510. The fraction of sp³-hybridized carbons (Fsp3) is 0.231. The van der Waals surface area contributed by atoms with E-state index in [1.54, 1.807) is 6.33 Å². The van der Waals surface area contributed by atoms with Crippen LogP contribution in [0.3, 0.4) is 0 Å². The van der Waals surface area contributed by atoms with Crippen LogP contribution in [0.4, 0.5) is 11.5 Å². The molecule has 3 N–H and O–H groups in total. The van der Waals surface area contributed by atoms with Gasteiger partial charge in [-0.15, -0.1) is 0 Å². The molecule has 0 unspecified atom stereocenters. The Kier molecular flexibility index (Phi) is 6.52. The lowest BCUT2D eigenvalue weighted by Crippen LogP contribution is -2.10. The number of ether oxygens (including phenoxy) is 1. The Labute approximate surface area is 188 Å². The van der Waals surface area contributed by atoms with Gasteiger partial charge in [0.05, 0.1) is 5.52 Å². The van der Waals surface area contributed by atoms with Gasteiger partial charge in [-0.25, -0.2) is 9.97 Å². The highest BCUT2D eigenvalue weighted by Crippen LogP contribution is 2.30. The van der Waals surface area contributed by atoms with Crippen molar-refractivity contribution in [3.63, 3.8) is 0 Å². The van der Waals surface area contributed by atoms with E-state index in [2.05, 4.69) is 58.0 Å². The summed E-state index contributed by atoms with van der Waals surface area (Å²) in [6, 6.07) is 16.1. The molecule has 0 fully saturated rings. The molecule has 0 spiro atoms. The highest BCUT2D eigenvalue weighted by molar-refractivity contribution is 5.88. The van der Waals surface area contributed by atoms with Gasteiger partial charge < -0.3 is 20.4 Å². The molecule has 0 bridgehead atoms. The lowest BCUT2D eigenvalue weighted by Gasteiger charge is -2.13. The van der Waals surface area contributed by atoms with Crippen LogP contribution in [0.1, 0.15) is 25.0 Å². The molecule has 2 aromatic carbocycles. The first-order valence-electron chi connectivity index (χ1n) is 10.9. The maximum atomic E-state index is 6.17. The van der Waals surface area contributed by atoms with Gasteiger partial charge in [0.1, 0.15) is 23.3 Å². The molecule has 0 aliphatic heterocycles. The second kappa shape index (κ2) is 9.66. The molecule has 6 heteroatoms. The van der Waals surface area contributed by atoms with Crippen LogP contribution >= 0.6 is 0 Å². The van der Waals surface area contributed by atoms with Gasteiger partial charge in [-0.3, -0.25) is 0 Å². The number of hydrogen-bond donors (Lipinski definition) is 2. The van der Waals surface area contributed by atoms with Crippen molar-refractivity contribution >= 4 is 28.6 Å². The predicted octanol–water partition coefficient (Wildman–Crippen LogP) is 5.90. The van der Waals surface area contributed by atoms with Crippen molar-refractivity contribution in [2.45, 2.75) is 27.3 Å². The number of nitrogens with two attached hydrogens (primary N) is 1. The molecule has 0 aliphatic carbocycles. The van der Waals surface area contributed by atoms with Crippen LogP contribution in [0.2, 0.25) is 0 Å². The standard InChI is InChI=1S/C26H29N5O/c1-18(2)7-8-20-5-4-6-22(16-20)32-24-10-9-21(15-19(24)3)30-26-25-23(28-17-29-26)11-13-31(25)14-12-27/h4-11,13,15-18H,12,14,27H2,1-3H3,(H,28,29,30). The van der Waals surface area contributed by atoms with Gasteiger partial charge in [-0.05, 0) is 60.4 Å². The number of hydrogen-bond acceptors (Lipinski definition) is 5. The zero-order valence-corrected chi connectivity index (χ0v) is 18.7. The summed E-state index contributed by atoms with van der Waals surface area (Å²) >= 11 is 0. The normalized spacial score (nSPS) is 11.5. The van der Waals surface area contributed by atoms with E-state index in [-0.39, 0.29) is 0 Å². The summed E-state index contributed by atoms with van der Waals surface area (Å²) in [7, 11) is 0. The highest BCUT2D eigenvalue weighted by Gasteiger charge is 2.10. The summed E-state index contributed by atoms with van der Waals surface area (Å²) in [5.41, 5.74) is 10.7.